The van der Waals surface area contributed by atoms with Gasteiger partial charge in [0.05, 0.1) is 6.10 Å². The molecular weight excluding hydrogens is 334 g/mol. The van der Waals surface area contributed by atoms with Crippen LogP contribution in [0.15, 0.2) is 30.3 Å². The second kappa shape index (κ2) is 10.8. The van der Waals surface area contributed by atoms with Crippen LogP contribution < -0.4 is 5.32 Å². The van der Waals surface area contributed by atoms with Crippen molar-refractivity contribution in [2.75, 3.05) is 12.8 Å². The quantitative estimate of drug-likeness (QED) is 0.621. The van der Waals surface area contributed by atoms with E-state index in [2.05, 4.69) is 12.2 Å². The fourth-order valence-electron chi connectivity index (χ4n) is 2.58. The minimum atomic E-state index is -0.520. The summed E-state index contributed by atoms with van der Waals surface area (Å²) < 4.78 is 5.58. The number of benzene rings is 1. The normalized spacial score (nSPS) is 15.4. The number of aliphatic hydroxyl groups is 1. The lowest BCUT2D eigenvalue weighted by Crippen LogP contribution is -2.46. The van der Waals surface area contributed by atoms with E-state index in [4.69, 9.17) is 4.74 Å². The van der Waals surface area contributed by atoms with Gasteiger partial charge in [0.15, 0.2) is 0 Å². The van der Waals surface area contributed by atoms with E-state index in [1.165, 1.54) is 0 Å². The van der Waals surface area contributed by atoms with E-state index in [0.717, 1.165) is 18.4 Å². The van der Waals surface area contributed by atoms with Crippen LogP contribution in [0, 0.1) is 0 Å². The summed E-state index contributed by atoms with van der Waals surface area (Å²) in [5.74, 6) is -0.249. The SMILES string of the molecule is CCC[C@H](O)[C@@H](CN[C@@H](Cc1ccccc1)C(=O)OC(C)(C)C)SC. The molecule has 0 aliphatic rings. The summed E-state index contributed by atoms with van der Waals surface area (Å²) in [6.45, 7) is 8.26. The molecule has 0 unspecified atom stereocenters. The second-order valence-corrected chi connectivity index (χ2v) is 8.39. The van der Waals surface area contributed by atoms with Gasteiger partial charge in [0, 0.05) is 11.8 Å². The standard InChI is InChI=1S/C20H33NO3S/c1-6-10-17(22)18(25-5)14-21-16(19(23)24-20(2,3)4)13-15-11-8-7-9-12-15/h7-9,11-12,16-18,21-22H,6,10,13-14H2,1-5H3/t16-,17-,18+/m0/s1. The van der Waals surface area contributed by atoms with E-state index < -0.39 is 11.6 Å². The van der Waals surface area contributed by atoms with Crippen LogP contribution in [0.25, 0.3) is 0 Å². The Morgan fingerprint density at radius 2 is 1.92 bits per heavy atom. The third kappa shape index (κ3) is 8.75. The van der Waals surface area contributed by atoms with Crippen LogP contribution >= 0.6 is 11.8 Å². The van der Waals surface area contributed by atoms with Gasteiger partial charge < -0.3 is 15.2 Å². The fraction of sp³-hybridized carbons (Fsp3) is 0.650. The highest BCUT2D eigenvalue weighted by Crippen LogP contribution is 2.16. The average Bonchev–Trinajstić information content (AvgIpc) is 2.54. The van der Waals surface area contributed by atoms with Crippen LogP contribution in [0.1, 0.15) is 46.1 Å². The van der Waals surface area contributed by atoms with Crippen molar-refractivity contribution < 1.29 is 14.6 Å². The first-order chi connectivity index (χ1) is 11.8. The predicted octanol–water partition coefficient (Wildman–Crippen LogP) is 3.42. The summed E-state index contributed by atoms with van der Waals surface area (Å²) >= 11 is 1.63. The highest BCUT2D eigenvalue weighted by molar-refractivity contribution is 7.99. The van der Waals surface area contributed by atoms with Crippen LogP contribution in [0.5, 0.6) is 0 Å². The van der Waals surface area contributed by atoms with Crippen molar-refractivity contribution in [2.24, 2.45) is 0 Å². The van der Waals surface area contributed by atoms with Crippen molar-refractivity contribution in [1.82, 2.24) is 5.32 Å². The third-order valence-corrected chi connectivity index (χ3v) is 4.94. The zero-order valence-corrected chi connectivity index (χ0v) is 16.9. The van der Waals surface area contributed by atoms with Crippen LogP contribution in [-0.2, 0) is 16.0 Å². The molecule has 142 valence electrons. The molecule has 4 nitrogen and oxygen atoms in total. The first-order valence-electron chi connectivity index (χ1n) is 8.97. The molecule has 0 radical (unpaired) electrons. The summed E-state index contributed by atoms with van der Waals surface area (Å²) in [5, 5.41) is 13.6. The molecule has 0 saturated carbocycles. The van der Waals surface area contributed by atoms with E-state index in [1.54, 1.807) is 11.8 Å². The fourth-order valence-corrected chi connectivity index (χ4v) is 3.29. The minimum absolute atomic E-state index is 0.0562. The van der Waals surface area contributed by atoms with Gasteiger partial charge in [0.2, 0.25) is 0 Å². The lowest BCUT2D eigenvalue weighted by atomic mass is 10.0. The molecule has 0 aliphatic heterocycles. The Labute approximate surface area is 156 Å². The zero-order chi connectivity index (χ0) is 18.9. The predicted molar refractivity (Wildman–Crippen MR) is 106 cm³/mol. The molecule has 1 rings (SSSR count). The van der Waals surface area contributed by atoms with E-state index >= 15 is 0 Å². The average molecular weight is 368 g/mol. The van der Waals surface area contributed by atoms with E-state index in [1.807, 2.05) is 57.4 Å². The summed E-state index contributed by atoms with van der Waals surface area (Å²) in [5.41, 5.74) is 0.564. The lowest BCUT2D eigenvalue weighted by molar-refractivity contribution is -0.157. The van der Waals surface area contributed by atoms with Gasteiger partial charge in [-0.2, -0.15) is 11.8 Å². The number of hydrogen-bond acceptors (Lipinski definition) is 5. The third-order valence-electron chi connectivity index (χ3n) is 3.86. The first-order valence-corrected chi connectivity index (χ1v) is 10.3. The summed E-state index contributed by atoms with van der Waals surface area (Å²) in [6, 6.07) is 9.50. The number of hydrogen-bond donors (Lipinski definition) is 2. The number of carbonyl (C=O) groups excluding carboxylic acids is 1. The van der Waals surface area contributed by atoms with Crippen LogP contribution in [-0.4, -0.2) is 46.9 Å². The minimum Gasteiger partial charge on any atom is -0.459 e. The Hall–Kier alpha value is -1.04. The maximum atomic E-state index is 12.6. The van der Waals surface area contributed by atoms with Gasteiger partial charge in [-0.25, -0.2) is 0 Å². The molecule has 0 spiro atoms. The molecule has 0 fully saturated rings. The second-order valence-electron chi connectivity index (χ2n) is 7.31. The van der Waals surface area contributed by atoms with Gasteiger partial charge in [-0.3, -0.25) is 4.79 Å². The van der Waals surface area contributed by atoms with Crippen molar-refractivity contribution in [1.29, 1.82) is 0 Å². The van der Waals surface area contributed by atoms with Gasteiger partial charge in [-0.05, 0) is 45.4 Å². The largest absolute Gasteiger partial charge is 0.459 e. The van der Waals surface area contributed by atoms with Crippen molar-refractivity contribution in [3.8, 4) is 0 Å². The summed E-state index contributed by atoms with van der Waals surface area (Å²) in [4.78, 5) is 12.6. The van der Waals surface area contributed by atoms with E-state index in [9.17, 15) is 9.90 Å². The molecule has 0 aliphatic carbocycles. The summed E-state index contributed by atoms with van der Waals surface area (Å²) in [6.07, 6.45) is 3.90. The number of thioether (sulfide) groups is 1. The number of aliphatic hydroxyl groups excluding tert-OH is 1. The van der Waals surface area contributed by atoms with Gasteiger partial charge in [-0.15, -0.1) is 0 Å². The summed E-state index contributed by atoms with van der Waals surface area (Å²) in [7, 11) is 0. The van der Waals surface area contributed by atoms with Crippen molar-refractivity contribution in [3.63, 3.8) is 0 Å². The topological polar surface area (TPSA) is 58.6 Å². The Morgan fingerprint density at radius 3 is 2.44 bits per heavy atom. The molecule has 0 saturated heterocycles. The molecule has 0 aromatic heterocycles. The Balaban J connectivity index is 2.77. The van der Waals surface area contributed by atoms with Gasteiger partial charge in [-0.1, -0.05) is 43.7 Å². The molecule has 0 heterocycles. The van der Waals surface area contributed by atoms with Crippen LogP contribution in [0.2, 0.25) is 0 Å². The van der Waals surface area contributed by atoms with E-state index in [0.29, 0.717) is 13.0 Å². The van der Waals surface area contributed by atoms with Crippen molar-refractivity contribution in [2.45, 2.75) is 70.0 Å². The maximum absolute atomic E-state index is 12.6. The molecule has 0 bridgehead atoms. The van der Waals surface area contributed by atoms with E-state index in [-0.39, 0.29) is 17.3 Å². The Morgan fingerprint density at radius 1 is 1.28 bits per heavy atom. The Kier molecular flexibility index (Phi) is 9.54. The van der Waals surface area contributed by atoms with Gasteiger partial charge >= 0.3 is 5.97 Å². The maximum Gasteiger partial charge on any atom is 0.323 e. The van der Waals surface area contributed by atoms with Crippen molar-refractivity contribution >= 4 is 17.7 Å². The Bertz CT molecular complexity index is 501. The van der Waals surface area contributed by atoms with Gasteiger partial charge in [0.1, 0.15) is 11.6 Å². The molecule has 3 atom stereocenters. The highest BCUT2D eigenvalue weighted by Gasteiger charge is 2.27. The number of ether oxygens (including phenoxy) is 1. The smallest absolute Gasteiger partial charge is 0.323 e. The lowest BCUT2D eigenvalue weighted by Gasteiger charge is -2.27. The van der Waals surface area contributed by atoms with Crippen LogP contribution in [0.4, 0.5) is 0 Å². The monoisotopic (exact) mass is 367 g/mol. The molecular formula is C20H33NO3S. The zero-order valence-electron chi connectivity index (χ0n) is 16.1. The van der Waals surface area contributed by atoms with Gasteiger partial charge in [0.25, 0.3) is 0 Å². The first kappa shape index (κ1) is 22.0. The molecule has 5 heteroatoms. The highest BCUT2D eigenvalue weighted by atomic mass is 32.2. The molecule has 1 aromatic rings. The number of esters is 1. The number of nitrogens with one attached hydrogen (secondary N) is 1. The molecule has 1 aromatic carbocycles. The van der Waals surface area contributed by atoms with Crippen molar-refractivity contribution in [3.05, 3.63) is 35.9 Å². The number of rotatable bonds is 10. The molecule has 25 heavy (non-hydrogen) atoms. The molecule has 2 N–H and O–H groups in total. The molecule has 0 amide bonds. The van der Waals surface area contributed by atoms with Crippen LogP contribution in [0.3, 0.4) is 0 Å². The number of carbonyl (C=O) groups is 1.